The van der Waals surface area contributed by atoms with Crippen LogP contribution in [-0.2, 0) is 9.53 Å². The minimum Gasteiger partial charge on any atom is -0.466 e. The van der Waals surface area contributed by atoms with Crippen LogP contribution in [0.5, 0.6) is 0 Å². The van der Waals surface area contributed by atoms with Crippen molar-refractivity contribution in [1.29, 1.82) is 0 Å². The van der Waals surface area contributed by atoms with E-state index in [2.05, 4.69) is 39.8 Å². The van der Waals surface area contributed by atoms with Gasteiger partial charge in [0.2, 0.25) is 0 Å². The number of ether oxygens (including phenoxy) is 1. The number of fused-ring (bicyclic) bond motifs is 3. The number of hydrogen-bond acceptors (Lipinski definition) is 2. The van der Waals surface area contributed by atoms with Gasteiger partial charge in [0.15, 0.2) is 0 Å². The molecule has 0 spiro atoms. The third kappa shape index (κ3) is 2.66. The van der Waals surface area contributed by atoms with Crippen molar-refractivity contribution in [3.8, 4) is 0 Å². The summed E-state index contributed by atoms with van der Waals surface area (Å²) in [6.07, 6.45) is 11.8. The van der Waals surface area contributed by atoms with Gasteiger partial charge in [-0.05, 0) is 74.7 Å². The van der Waals surface area contributed by atoms with Gasteiger partial charge in [-0.3, -0.25) is 4.79 Å². The van der Waals surface area contributed by atoms with Crippen LogP contribution in [0.3, 0.4) is 0 Å². The molecule has 1 fully saturated rings. The molecule has 0 amide bonds. The van der Waals surface area contributed by atoms with E-state index in [0.717, 1.165) is 19.3 Å². The second-order valence-electron chi connectivity index (χ2n) is 8.95. The Morgan fingerprint density at radius 1 is 1.33 bits per heavy atom. The van der Waals surface area contributed by atoms with Crippen LogP contribution in [0, 0.1) is 28.6 Å². The molecule has 0 aromatic heterocycles. The first kappa shape index (κ1) is 17.8. The highest BCUT2D eigenvalue weighted by molar-refractivity contribution is 5.77. The molecule has 0 N–H and O–H groups in total. The lowest BCUT2D eigenvalue weighted by Crippen LogP contribution is -2.53. The Morgan fingerprint density at radius 3 is 2.75 bits per heavy atom. The summed E-state index contributed by atoms with van der Waals surface area (Å²) >= 11 is 0. The molecule has 24 heavy (non-hydrogen) atoms. The number of rotatable bonds is 3. The average Bonchev–Trinajstić information content (AvgIpc) is 2.54. The standard InChI is InChI=1S/C22H34O2/c1-6-24-20(23)22(5)13-7-12-21(4)18-10-8-16(15(2)3)14-17(18)9-11-19(21)22/h9,14-15,18-19H,6-8,10-13H2,1-5H3. The number of allylic oxidation sites excluding steroid dienone is 4. The molecule has 3 rings (SSSR count). The molecule has 0 aromatic carbocycles. The molecule has 2 nitrogen and oxygen atoms in total. The first-order valence-electron chi connectivity index (χ1n) is 9.90. The lowest BCUT2D eigenvalue weighted by molar-refractivity contribution is -0.168. The number of hydrogen-bond donors (Lipinski definition) is 0. The zero-order valence-corrected chi connectivity index (χ0v) is 16.2. The van der Waals surface area contributed by atoms with E-state index in [0.29, 0.717) is 24.4 Å². The Balaban J connectivity index is 1.96. The van der Waals surface area contributed by atoms with E-state index in [1.807, 2.05) is 6.92 Å². The summed E-state index contributed by atoms with van der Waals surface area (Å²) in [5.41, 5.74) is 3.08. The van der Waals surface area contributed by atoms with Crippen molar-refractivity contribution in [2.45, 2.75) is 73.1 Å². The fourth-order valence-corrected chi connectivity index (χ4v) is 5.88. The Kier molecular flexibility index (Phi) is 4.70. The topological polar surface area (TPSA) is 26.3 Å². The average molecular weight is 331 g/mol. The second kappa shape index (κ2) is 6.35. The SMILES string of the molecule is CCOC(=O)C1(C)CCCC2(C)C3CCC(C(C)C)=CC3=CCC12. The first-order valence-corrected chi connectivity index (χ1v) is 9.90. The normalized spacial score (nSPS) is 38.8. The summed E-state index contributed by atoms with van der Waals surface area (Å²) < 4.78 is 5.49. The molecular formula is C22H34O2. The number of carbonyl (C=O) groups is 1. The van der Waals surface area contributed by atoms with Crippen LogP contribution >= 0.6 is 0 Å². The lowest BCUT2D eigenvalue weighted by Gasteiger charge is -2.57. The predicted octanol–water partition coefficient (Wildman–Crippen LogP) is 5.68. The van der Waals surface area contributed by atoms with Gasteiger partial charge in [0.05, 0.1) is 12.0 Å². The molecule has 0 radical (unpaired) electrons. The fourth-order valence-electron chi connectivity index (χ4n) is 5.88. The molecule has 0 saturated heterocycles. The molecule has 1 saturated carbocycles. The molecule has 4 unspecified atom stereocenters. The molecule has 3 aliphatic rings. The van der Waals surface area contributed by atoms with Crippen LogP contribution in [-0.4, -0.2) is 12.6 Å². The highest BCUT2D eigenvalue weighted by Crippen LogP contribution is 2.62. The summed E-state index contributed by atoms with van der Waals surface area (Å²) in [5.74, 6) is 1.72. The molecule has 134 valence electrons. The molecule has 0 heterocycles. The van der Waals surface area contributed by atoms with E-state index < -0.39 is 0 Å². The Hall–Kier alpha value is -1.05. The van der Waals surface area contributed by atoms with E-state index in [1.54, 1.807) is 11.1 Å². The highest BCUT2D eigenvalue weighted by atomic mass is 16.5. The van der Waals surface area contributed by atoms with Gasteiger partial charge in [-0.15, -0.1) is 0 Å². The van der Waals surface area contributed by atoms with Crippen molar-refractivity contribution in [2.24, 2.45) is 28.6 Å². The van der Waals surface area contributed by atoms with Crippen molar-refractivity contribution in [2.75, 3.05) is 6.61 Å². The van der Waals surface area contributed by atoms with Crippen molar-refractivity contribution in [1.82, 2.24) is 0 Å². The minimum atomic E-state index is -0.312. The Labute approximate surface area is 147 Å². The quantitative estimate of drug-likeness (QED) is 0.622. The van der Waals surface area contributed by atoms with Gasteiger partial charge >= 0.3 is 5.97 Å². The maximum Gasteiger partial charge on any atom is 0.312 e. The Morgan fingerprint density at radius 2 is 2.08 bits per heavy atom. The summed E-state index contributed by atoms with van der Waals surface area (Å²) in [6, 6.07) is 0. The maximum absolute atomic E-state index is 12.8. The second-order valence-corrected chi connectivity index (χ2v) is 8.95. The largest absolute Gasteiger partial charge is 0.466 e. The smallest absolute Gasteiger partial charge is 0.312 e. The van der Waals surface area contributed by atoms with E-state index in [4.69, 9.17) is 4.74 Å². The van der Waals surface area contributed by atoms with E-state index in [9.17, 15) is 4.79 Å². The Bertz CT molecular complexity index is 571. The van der Waals surface area contributed by atoms with Crippen molar-refractivity contribution >= 4 is 5.97 Å². The summed E-state index contributed by atoms with van der Waals surface area (Å²) in [7, 11) is 0. The van der Waals surface area contributed by atoms with E-state index in [1.165, 1.54) is 19.3 Å². The van der Waals surface area contributed by atoms with E-state index >= 15 is 0 Å². The zero-order chi connectivity index (χ0) is 17.5. The zero-order valence-electron chi connectivity index (χ0n) is 16.2. The third-order valence-electron chi connectivity index (χ3n) is 7.32. The monoisotopic (exact) mass is 330 g/mol. The highest BCUT2D eigenvalue weighted by Gasteiger charge is 2.57. The molecule has 0 aromatic rings. The first-order chi connectivity index (χ1) is 11.3. The van der Waals surface area contributed by atoms with Gasteiger partial charge in [-0.1, -0.05) is 44.9 Å². The van der Waals surface area contributed by atoms with Gasteiger partial charge in [0.25, 0.3) is 0 Å². The third-order valence-corrected chi connectivity index (χ3v) is 7.32. The molecule has 0 bridgehead atoms. The fraction of sp³-hybridized carbons (Fsp3) is 0.773. The number of esters is 1. The lowest BCUT2D eigenvalue weighted by atomic mass is 9.47. The van der Waals surface area contributed by atoms with Gasteiger partial charge in [-0.25, -0.2) is 0 Å². The van der Waals surface area contributed by atoms with Crippen LogP contribution in [0.25, 0.3) is 0 Å². The van der Waals surface area contributed by atoms with Crippen LogP contribution in [0.4, 0.5) is 0 Å². The van der Waals surface area contributed by atoms with Crippen LogP contribution in [0.1, 0.15) is 73.1 Å². The molecule has 4 atom stereocenters. The van der Waals surface area contributed by atoms with Crippen LogP contribution in [0.15, 0.2) is 23.3 Å². The van der Waals surface area contributed by atoms with Crippen LogP contribution in [0.2, 0.25) is 0 Å². The van der Waals surface area contributed by atoms with Gasteiger partial charge < -0.3 is 4.74 Å². The van der Waals surface area contributed by atoms with Crippen molar-refractivity contribution < 1.29 is 9.53 Å². The van der Waals surface area contributed by atoms with Crippen molar-refractivity contribution in [3.63, 3.8) is 0 Å². The minimum absolute atomic E-state index is 0.0343. The molecule has 0 aliphatic heterocycles. The van der Waals surface area contributed by atoms with E-state index in [-0.39, 0.29) is 16.8 Å². The van der Waals surface area contributed by atoms with Crippen LogP contribution < -0.4 is 0 Å². The summed E-state index contributed by atoms with van der Waals surface area (Å²) in [6.45, 7) is 11.6. The summed E-state index contributed by atoms with van der Waals surface area (Å²) in [5, 5.41) is 0. The summed E-state index contributed by atoms with van der Waals surface area (Å²) in [4.78, 5) is 12.8. The van der Waals surface area contributed by atoms with Crippen molar-refractivity contribution in [3.05, 3.63) is 23.3 Å². The predicted molar refractivity (Wildman–Crippen MR) is 98.5 cm³/mol. The molecule has 3 aliphatic carbocycles. The molecule has 2 heteroatoms. The van der Waals surface area contributed by atoms with Gasteiger partial charge in [-0.2, -0.15) is 0 Å². The molecular weight excluding hydrogens is 296 g/mol. The number of carbonyl (C=O) groups excluding carboxylic acids is 1. The maximum atomic E-state index is 12.8. The van der Waals surface area contributed by atoms with Gasteiger partial charge in [0, 0.05) is 0 Å². The van der Waals surface area contributed by atoms with Gasteiger partial charge in [0.1, 0.15) is 0 Å².